The highest BCUT2D eigenvalue weighted by atomic mass is 16.4. The molecule has 0 atom stereocenters. The van der Waals surface area contributed by atoms with Crippen LogP contribution in [-0.2, 0) is 11.3 Å². The van der Waals surface area contributed by atoms with Gasteiger partial charge in [-0.2, -0.15) is 0 Å². The second-order valence-electron chi connectivity index (χ2n) is 2.77. The van der Waals surface area contributed by atoms with E-state index in [1.54, 1.807) is 12.4 Å². The Morgan fingerprint density at radius 3 is 2.71 bits per heavy atom. The number of carboxylic acids is 1. The Hall–Kier alpha value is -1.69. The quantitative estimate of drug-likeness (QED) is 0.555. The third-order valence-corrected chi connectivity index (χ3v) is 1.57. The van der Waals surface area contributed by atoms with E-state index in [0.29, 0.717) is 13.1 Å². The van der Waals surface area contributed by atoms with E-state index >= 15 is 0 Å². The number of aromatic nitrogens is 2. The highest BCUT2D eigenvalue weighted by Gasteiger charge is 1.97. The number of carboxylic acid groups (broad SMARTS) is 1. The fourth-order valence-corrected chi connectivity index (χ4v) is 0.884. The maximum absolute atomic E-state index is 10.2. The molecule has 0 saturated heterocycles. The van der Waals surface area contributed by atoms with Gasteiger partial charge in [0.05, 0.1) is 6.42 Å². The molecule has 1 aromatic rings. The predicted octanol–water partition coefficient (Wildman–Crippen LogP) is -0.377. The van der Waals surface area contributed by atoms with Crippen molar-refractivity contribution in [1.82, 2.24) is 15.3 Å². The number of carbonyl (C=O) groups is 1. The van der Waals surface area contributed by atoms with E-state index in [4.69, 9.17) is 10.8 Å². The number of nitrogens with two attached hydrogens (primary N) is 1. The number of nitrogens with zero attached hydrogens (tertiary/aromatic N) is 2. The molecule has 4 N–H and O–H groups in total. The molecule has 6 heteroatoms. The zero-order chi connectivity index (χ0) is 10.4. The molecule has 0 amide bonds. The molecule has 0 spiro atoms. The minimum absolute atomic E-state index is 0.107. The second kappa shape index (κ2) is 5.13. The molecule has 0 aliphatic heterocycles. The summed E-state index contributed by atoms with van der Waals surface area (Å²) in [6.07, 6.45) is 3.32. The molecule has 1 heterocycles. The van der Waals surface area contributed by atoms with Crippen molar-refractivity contribution in [2.75, 3.05) is 12.3 Å². The summed E-state index contributed by atoms with van der Waals surface area (Å²) < 4.78 is 0. The molecule has 0 aliphatic carbocycles. The van der Waals surface area contributed by atoms with Crippen LogP contribution in [0.25, 0.3) is 0 Å². The number of aliphatic carboxylic acids is 1. The summed E-state index contributed by atoms with van der Waals surface area (Å²) in [4.78, 5) is 17.8. The molecule has 6 nitrogen and oxygen atoms in total. The molecule has 1 aromatic heterocycles. The van der Waals surface area contributed by atoms with E-state index in [9.17, 15) is 4.79 Å². The summed E-state index contributed by atoms with van der Waals surface area (Å²) in [5.41, 5.74) is 6.18. The molecule has 0 aliphatic rings. The Labute approximate surface area is 81.2 Å². The van der Waals surface area contributed by atoms with Crippen molar-refractivity contribution in [3.63, 3.8) is 0 Å². The molecule has 1 rings (SSSR count). The molecule has 0 saturated carbocycles. The van der Waals surface area contributed by atoms with Crippen molar-refractivity contribution >= 4 is 11.9 Å². The van der Waals surface area contributed by atoms with Crippen LogP contribution in [0.15, 0.2) is 12.4 Å². The normalized spacial score (nSPS) is 10.0. The van der Waals surface area contributed by atoms with Crippen molar-refractivity contribution < 1.29 is 9.90 Å². The maximum Gasteiger partial charge on any atom is 0.304 e. The lowest BCUT2D eigenvalue weighted by Gasteiger charge is -2.01. The SMILES string of the molecule is Nc1ncc(CNCCC(=O)O)cn1. The fourth-order valence-electron chi connectivity index (χ4n) is 0.884. The van der Waals surface area contributed by atoms with Gasteiger partial charge in [-0.1, -0.05) is 0 Å². The van der Waals surface area contributed by atoms with Gasteiger partial charge < -0.3 is 16.2 Å². The van der Waals surface area contributed by atoms with E-state index in [1.165, 1.54) is 0 Å². The summed E-state index contributed by atoms with van der Waals surface area (Å²) in [7, 11) is 0. The average Bonchev–Trinajstić information content (AvgIpc) is 2.15. The molecule has 0 radical (unpaired) electrons. The van der Waals surface area contributed by atoms with Crippen LogP contribution in [0.2, 0.25) is 0 Å². The fraction of sp³-hybridized carbons (Fsp3) is 0.375. The predicted molar refractivity (Wildman–Crippen MR) is 50.4 cm³/mol. The summed E-state index contributed by atoms with van der Waals surface area (Å²) in [6, 6.07) is 0. The lowest BCUT2D eigenvalue weighted by Crippen LogP contribution is -2.17. The lowest BCUT2D eigenvalue weighted by atomic mass is 10.3. The molecule has 0 unspecified atom stereocenters. The molecule has 76 valence electrons. The number of hydrogen-bond donors (Lipinski definition) is 3. The number of nitrogen functional groups attached to an aromatic ring is 1. The number of rotatable bonds is 5. The number of nitrogens with one attached hydrogen (secondary N) is 1. The van der Waals surface area contributed by atoms with E-state index in [-0.39, 0.29) is 12.4 Å². The van der Waals surface area contributed by atoms with Crippen molar-refractivity contribution in [3.05, 3.63) is 18.0 Å². The van der Waals surface area contributed by atoms with Crippen molar-refractivity contribution in [2.45, 2.75) is 13.0 Å². The smallest absolute Gasteiger partial charge is 0.304 e. The highest BCUT2D eigenvalue weighted by molar-refractivity contribution is 5.66. The Bertz CT molecular complexity index is 299. The van der Waals surface area contributed by atoms with Gasteiger partial charge in [0, 0.05) is 31.0 Å². The third kappa shape index (κ3) is 3.81. The van der Waals surface area contributed by atoms with Crippen LogP contribution in [0.3, 0.4) is 0 Å². The zero-order valence-corrected chi connectivity index (χ0v) is 7.60. The van der Waals surface area contributed by atoms with Gasteiger partial charge in [0.25, 0.3) is 0 Å². The Morgan fingerprint density at radius 1 is 1.50 bits per heavy atom. The minimum atomic E-state index is -0.814. The first-order valence-electron chi connectivity index (χ1n) is 4.17. The monoisotopic (exact) mass is 196 g/mol. The van der Waals surface area contributed by atoms with Crippen LogP contribution in [-0.4, -0.2) is 27.6 Å². The average molecular weight is 196 g/mol. The maximum atomic E-state index is 10.2. The highest BCUT2D eigenvalue weighted by Crippen LogP contribution is 1.95. The van der Waals surface area contributed by atoms with Gasteiger partial charge in [-0.3, -0.25) is 4.79 Å². The van der Waals surface area contributed by atoms with Crippen molar-refractivity contribution in [3.8, 4) is 0 Å². The summed E-state index contributed by atoms with van der Waals surface area (Å²) >= 11 is 0. The van der Waals surface area contributed by atoms with Crippen molar-refractivity contribution in [2.24, 2.45) is 0 Å². The number of hydrogen-bond acceptors (Lipinski definition) is 5. The van der Waals surface area contributed by atoms with Crippen LogP contribution in [0.1, 0.15) is 12.0 Å². The third-order valence-electron chi connectivity index (χ3n) is 1.57. The Kier molecular flexibility index (Phi) is 3.81. The largest absolute Gasteiger partial charge is 0.481 e. The van der Waals surface area contributed by atoms with Crippen molar-refractivity contribution in [1.29, 1.82) is 0 Å². The van der Waals surface area contributed by atoms with Crippen LogP contribution in [0, 0.1) is 0 Å². The molecule has 0 aromatic carbocycles. The summed E-state index contributed by atoms with van der Waals surface area (Å²) in [5, 5.41) is 11.3. The first-order chi connectivity index (χ1) is 6.68. The minimum Gasteiger partial charge on any atom is -0.481 e. The first kappa shape index (κ1) is 10.4. The van der Waals surface area contributed by atoms with Crippen LogP contribution in [0.4, 0.5) is 5.95 Å². The van der Waals surface area contributed by atoms with Crippen LogP contribution >= 0.6 is 0 Å². The topological polar surface area (TPSA) is 101 Å². The summed E-state index contributed by atoms with van der Waals surface area (Å²) in [5.74, 6) is -0.578. The van der Waals surface area contributed by atoms with E-state index in [2.05, 4.69) is 15.3 Å². The molecule has 0 fully saturated rings. The van der Waals surface area contributed by atoms with E-state index < -0.39 is 5.97 Å². The molecule has 14 heavy (non-hydrogen) atoms. The van der Waals surface area contributed by atoms with Gasteiger partial charge in [0.15, 0.2) is 0 Å². The zero-order valence-electron chi connectivity index (χ0n) is 7.60. The van der Waals surface area contributed by atoms with Gasteiger partial charge in [-0.05, 0) is 0 Å². The van der Waals surface area contributed by atoms with Crippen LogP contribution in [0.5, 0.6) is 0 Å². The van der Waals surface area contributed by atoms with Gasteiger partial charge >= 0.3 is 5.97 Å². The van der Waals surface area contributed by atoms with Gasteiger partial charge in [-0.15, -0.1) is 0 Å². The molecular weight excluding hydrogens is 184 g/mol. The Balaban J connectivity index is 2.25. The molecular formula is C8H12N4O2. The summed E-state index contributed by atoms with van der Waals surface area (Å²) in [6.45, 7) is 0.979. The van der Waals surface area contributed by atoms with Gasteiger partial charge in [-0.25, -0.2) is 9.97 Å². The lowest BCUT2D eigenvalue weighted by molar-refractivity contribution is -0.136. The van der Waals surface area contributed by atoms with E-state index in [1.807, 2.05) is 0 Å². The van der Waals surface area contributed by atoms with Crippen LogP contribution < -0.4 is 11.1 Å². The second-order valence-corrected chi connectivity index (χ2v) is 2.77. The van der Waals surface area contributed by atoms with Gasteiger partial charge in [0.1, 0.15) is 0 Å². The van der Waals surface area contributed by atoms with Gasteiger partial charge in [0.2, 0.25) is 5.95 Å². The number of anilines is 1. The van der Waals surface area contributed by atoms with E-state index in [0.717, 1.165) is 5.56 Å². The standard InChI is InChI=1S/C8H12N4O2/c9-8-11-4-6(5-12-8)3-10-2-1-7(13)14/h4-5,10H,1-3H2,(H,13,14)(H2,9,11,12). The molecule has 0 bridgehead atoms. The Morgan fingerprint density at radius 2 is 2.14 bits per heavy atom. The first-order valence-corrected chi connectivity index (χ1v) is 4.17.